The van der Waals surface area contributed by atoms with Crippen molar-refractivity contribution < 1.29 is 13.2 Å². The van der Waals surface area contributed by atoms with Crippen LogP contribution in [0.4, 0.5) is 0 Å². The van der Waals surface area contributed by atoms with Gasteiger partial charge in [-0.3, -0.25) is 0 Å². The van der Waals surface area contributed by atoms with Crippen LogP contribution in [0.25, 0.3) is 22.4 Å². The summed E-state index contributed by atoms with van der Waals surface area (Å²) in [5.41, 5.74) is 2.01. The Bertz CT molecular complexity index is 1030. The number of hydrogen-bond donors (Lipinski definition) is 1. The maximum Gasteiger partial charge on any atom is 0.241 e. The molecule has 0 radical (unpaired) electrons. The number of sulfonamides is 1. The zero-order chi connectivity index (χ0) is 17.5. The Hall–Kier alpha value is -2.23. The summed E-state index contributed by atoms with van der Waals surface area (Å²) >= 11 is 6.02. The minimum atomic E-state index is -3.97. The monoisotopic (exact) mass is 367 g/mol. The lowest BCUT2D eigenvalue weighted by Crippen LogP contribution is -2.13. The van der Waals surface area contributed by atoms with Gasteiger partial charge in [-0.1, -0.05) is 0 Å². The van der Waals surface area contributed by atoms with Crippen LogP contribution in [0.3, 0.4) is 0 Å². The summed E-state index contributed by atoms with van der Waals surface area (Å²) in [7, 11) is -2.60. The highest BCUT2D eigenvalue weighted by Crippen LogP contribution is 2.31. The summed E-state index contributed by atoms with van der Waals surface area (Å²) in [4.78, 5) is 12.6. The molecule has 2 aromatic heterocycles. The van der Waals surface area contributed by atoms with Crippen molar-refractivity contribution in [2.45, 2.75) is 18.4 Å². The van der Waals surface area contributed by atoms with Gasteiger partial charge in [-0.15, -0.1) is 0 Å². The lowest BCUT2D eigenvalue weighted by molar-refractivity contribution is 0.403. The van der Waals surface area contributed by atoms with Crippen LogP contribution in [0, 0.1) is 0 Å². The first-order chi connectivity index (χ1) is 11.3. The molecule has 8 nitrogen and oxygen atoms in total. The highest BCUT2D eigenvalue weighted by Gasteiger charge is 2.19. The Labute approximate surface area is 143 Å². The van der Waals surface area contributed by atoms with E-state index in [9.17, 15) is 8.42 Å². The fourth-order valence-electron chi connectivity index (χ4n) is 2.40. The Morgan fingerprint density at radius 1 is 1.33 bits per heavy atom. The first-order valence-corrected chi connectivity index (χ1v) is 8.87. The molecule has 0 bridgehead atoms. The molecular weight excluding hydrogens is 354 g/mol. The van der Waals surface area contributed by atoms with Crippen molar-refractivity contribution in [2.24, 2.45) is 5.14 Å². The number of rotatable bonds is 4. The van der Waals surface area contributed by atoms with E-state index in [0.717, 1.165) is 0 Å². The van der Waals surface area contributed by atoms with Gasteiger partial charge in [0, 0.05) is 12.1 Å². The normalized spacial score (nSPS) is 11.8. The van der Waals surface area contributed by atoms with Crippen molar-refractivity contribution in [3.63, 3.8) is 0 Å². The van der Waals surface area contributed by atoms with Gasteiger partial charge in [-0.25, -0.2) is 23.5 Å². The predicted octanol–water partition coefficient (Wildman–Crippen LogP) is 1.82. The summed E-state index contributed by atoms with van der Waals surface area (Å²) in [6.45, 7) is 2.61. The maximum absolute atomic E-state index is 11.8. The molecule has 0 saturated heterocycles. The van der Waals surface area contributed by atoms with Crippen molar-refractivity contribution >= 4 is 32.8 Å². The van der Waals surface area contributed by atoms with Gasteiger partial charge >= 0.3 is 0 Å². The van der Waals surface area contributed by atoms with Crippen molar-refractivity contribution in [3.8, 4) is 17.0 Å². The summed E-state index contributed by atoms with van der Waals surface area (Å²) in [6, 6.07) is 4.56. The summed E-state index contributed by atoms with van der Waals surface area (Å²) in [6.07, 6.45) is 1.63. The zero-order valence-corrected chi connectivity index (χ0v) is 14.5. The zero-order valence-electron chi connectivity index (χ0n) is 12.9. The van der Waals surface area contributed by atoms with Crippen LogP contribution in [0.5, 0.6) is 5.75 Å². The molecule has 0 fully saturated rings. The van der Waals surface area contributed by atoms with Gasteiger partial charge < -0.3 is 9.30 Å². The van der Waals surface area contributed by atoms with E-state index in [4.69, 9.17) is 21.5 Å². The number of hydrogen-bond acceptors (Lipinski definition) is 6. The topological polar surface area (TPSA) is 113 Å². The molecule has 3 rings (SSSR count). The number of methoxy groups -OCH3 is 1. The van der Waals surface area contributed by atoms with Gasteiger partial charge in [0.05, 0.1) is 13.4 Å². The predicted molar refractivity (Wildman–Crippen MR) is 89.4 cm³/mol. The van der Waals surface area contributed by atoms with Crippen molar-refractivity contribution in [2.75, 3.05) is 7.11 Å². The first kappa shape index (κ1) is 16.6. The van der Waals surface area contributed by atoms with Gasteiger partial charge in [0.15, 0.2) is 5.65 Å². The van der Waals surface area contributed by atoms with Gasteiger partial charge in [0.2, 0.25) is 15.3 Å². The lowest BCUT2D eigenvalue weighted by atomic mass is 10.1. The van der Waals surface area contributed by atoms with Crippen molar-refractivity contribution in [1.82, 2.24) is 19.5 Å². The third-order valence-electron chi connectivity index (χ3n) is 3.52. The molecule has 3 aromatic rings. The number of imidazole rings is 1. The Kier molecular flexibility index (Phi) is 4.16. The molecule has 0 aliphatic heterocycles. The number of ether oxygens (including phenoxy) is 1. The molecule has 0 aliphatic rings. The second-order valence-electron chi connectivity index (χ2n) is 4.95. The summed E-state index contributed by atoms with van der Waals surface area (Å²) < 4.78 is 30.5. The molecule has 2 heterocycles. The van der Waals surface area contributed by atoms with E-state index in [2.05, 4.69) is 15.0 Å². The van der Waals surface area contributed by atoms with E-state index < -0.39 is 10.0 Å². The molecule has 0 saturated carbocycles. The number of aryl methyl sites for hydroxylation is 1. The number of halogens is 1. The third-order valence-corrected chi connectivity index (χ3v) is 4.62. The third kappa shape index (κ3) is 2.81. The molecule has 2 N–H and O–H groups in total. The van der Waals surface area contributed by atoms with E-state index in [1.165, 1.54) is 19.2 Å². The fraction of sp³-hybridized carbons (Fsp3) is 0.214. The summed E-state index contributed by atoms with van der Waals surface area (Å²) in [5.74, 6) is 0.150. The largest absolute Gasteiger partial charge is 0.495 e. The minimum absolute atomic E-state index is 0.0423. The van der Waals surface area contributed by atoms with E-state index >= 15 is 0 Å². The number of nitrogens with two attached hydrogens (primary N) is 1. The highest BCUT2D eigenvalue weighted by atomic mass is 35.5. The van der Waals surface area contributed by atoms with E-state index in [-0.39, 0.29) is 15.9 Å². The van der Waals surface area contributed by atoms with Crippen LogP contribution in [-0.2, 0) is 16.6 Å². The van der Waals surface area contributed by atoms with Gasteiger partial charge in [0.1, 0.15) is 21.9 Å². The van der Waals surface area contributed by atoms with Crippen LogP contribution in [0.15, 0.2) is 29.4 Å². The van der Waals surface area contributed by atoms with Crippen LogP contribution >= 0.6 is 11.6 Å². The van der Waals surface area contributed by atoms with Gasteiger partial charge in [-0.05, 0) is 36.7 Å². The Balaban J connectivity index is 2.30. The second-order valence-corrected chi connectivity index (χ2v) is 6.82. The first-order valence-electron chi connectivity index (χ1n) is 6.94. The molecule has 10 heteroatoms. The molecular formula is C14H14ClN5O3S. The number of benzene rings is 1. The Morgan fingerprint density at radius 2 is 2.08 bits per heavy atom. The van der Waals surface area contributed by atoms with Gasteiger partial charge in [0.25, 0.3) is 0 Å². The molecule has 0 unspecified atom stereocenters. The molecule has 0 spiro atoms. The maximum atomic E-state index is 11.8. The minimum Gasteiger partial charge on any atom is -0.495 e. The molecule has 24 heavy (non-hydrogen) atoms. The number of fused-ring (bicyclic) bond motifs is 1. The van der Waals surface area contributed by atoms with Crippen LogP contribution < -0.4 is 9.88 Å². The number of nitrogens with zero attached hydrogens (tertiary/aromatic N) is 4. The van der Waals surface area contributed by atoms with Crippen molar-refractivity contribution in [3.05, 3.63) is 29.8 Å². The highest BCUT2D eigenvalue weighted by molar-refractivity contribution is 7.89. The molecule has 126 valence electrons. The average molecular weight is 368 g/mol. The molecule has 0 atom stereocenters. The SMILES string of the molecule is CCn1cnc2c(-c3ccc(OC)c(S(N)(=O)=O)c3)nc(Cl)nc21. The standard InChI is InChI=1S/C14H14ClN5O3S/c1-3-20-7-17-12-11(18-14(15)19-13(12)20)8-4-5-9(23-2)10(6-8)24(16,21)22/h4-7H,3H2,1-2H3,(H2,16,21,22). The number of primary sulfonamides is 1. The van der Waals surface area contributed by atoms with Gasteiger partial charge in [-0.2, -0.15) is 4.98 Å². The van der Waals surface area contributed by atoms with E-state index in [1.807, 2.05) is 11.5 Å². The lowest BCUT2D eigenvalue weighted by Gasteiger charge is -2.09. The average Bonchev–Trinajstić information content (AvgIpc) is 2.95. The van der Waals surface area contributed by atoms with Crippen LogP contribution in [-0.4, -0.2) is 35.0 Å². The molecule has 0 aliphatic carbocycles. The quantitative estimate of drug-likeness (QED) is 0.704. The van der Waals surface area contributed by atoms with E-state index in [1.54, 1.807) is 12.4 Å². The van der Waals surface area contributed by atoms with Crippen LogP contribution in [0.2, 0.25) is 5.28 Å². The van der Waals surface area contributed by atoms with Crippen LogP contribution in [0.1, 0.15) is 6.92 Å². The molecule has 0 amide bonds. The smallest absolute Gasteiger partial charge is 0.241 e. The number of aromatic nitrogens is 4. The van der Waals surface area contributed by atoms with Crippen molar-refractivity contribution in [1.29, 1.82) is 0 Å². The second kappa shape index (κ2) is 6.00. The fourth-order valence-corrected chi connectivity index (χ4v) is 3.28. The Morgan fingerprint density at radius 3 is 2.71 bits per heavy atom. The van der Waals surface area contributed by atoms with E-state index in [0.29, 0.717) is 29.0 Å². The summed E-state index contributed by atoms with van der Waals surface area (Å²) in [5, 5.41) is 5.30. The molecule has 1 aromatic carbocycles.